The van der Waals surface area contributed by atoms with Crippen LogP contribution in [0.25, 0.3) is 11.0 Å². The first kappa shape index (κ1) is 15.8. The van der Waals surface area contributed by atoms with E-state index in [1.807, 2.05) is 6.92 Å². The predicted molar refractivity (Wildman–Crippen MR) is 81.6 cm³/mol. The number of carbonyl (C=O) groups excluding carboxylic acids is 1. The molecule has 0 radical (unpaired) electrons. The average molecular weight is 305 g/mol. The summed E-state index contributed by atoms with van der Waals surface area (Å²) in [6, 6.07) is 6.06. The van der Waals surface area contributed by atoms with Crippen molar-refractivity contribution in [2.45, 2.75) is 32.9 Å². The second kappa shape index (κ2) is 6.46. The molecule has 0 unspecified atom stereocenters. The van der Waals surface area contributed by atoms with Gasteiger partial charge < -0.3 is 15.4 Å². The van der Waals surface area contributed by atoms with E-state index in [2.05, 4.69) is 10.3 Å². The minimum atomic E-state index is -1.08. The highest BCUT2D eigenvalue weighted by atomic mass is 16.4. The van der Waals surface area contributed by atoms with Crippen LogP contribution in [-0.2, 0) is 16.1 Å². The Kier molecular flexibility index (Phi) is 4.65. The van der Waals surface area contributed by atoms with Gasteiger partial charge in [-0.2, -0.15) is 0 Å². The highest BCUT2D eigenvalue weighted by Crippen LogP contribution is 2.10. The Morgan fingerprint density at radius 1 is 1.36 bits per heavy atom. The zero-order valence-electron chi connectivity index (χ0n) is 12.5. The van der Waals surface area contributed by atoms with Crippen molar-refractivity contribution in [3.05, 3.63) is 34.7 Å². The second-order valence-electron chi connectivity index (χ2n) is 5.30. The Bertz CT molecular complexity index is 747. The van der Waals surface area contributed by atoms with Crippen LogP contribution in [0.2, 0.25) is 0 Å². The number of nitrogens with zero attached hydrogens (tertiary/aromatic N) is 1. The quantitative estimate of drug-likeness (QED) is 0.739. The van der Waals surface area contributed by atoms with Crippen LogP contribution in [0.5, 0.6) is 0 Å². The topological polar surface area (TPSA) is 104 Å². The fourth-order valence-electron chi connectivity index (χ4n) is 2.31. The summed E-state index contributed by atoms with van der Waals surface area (Å²) >= 11 is 0. The van der Waals surface area contributed by atoms with E-state index in [1.165, 1.54) is 4.57 Å². The van der Waals surface area contributed by atoms with Gasteiger partial charge in [0.2, 0.25) is 5.91 Å². The molecule has 1 amide bonds. The molecular weight excluding hydrogens is 286 g/mol. The van der Waals surface area contributed by atoms with Crippen LogP contribution in [0.1, 0.15) is 20.3 Å². The summed E-state index contributed by atoms with van der Waals surface area (Å²) in [5, 5.41) is 11.7. The van der Waals surface area contributed by atoms with E-state index < -0.39 is 23.6 Å². The number of imidazole rings is 1. The first-order chi connectivity index (χ1) is 10.4. The number of aliphatic carboxylic acids is 1. The van der Waals surface area contributed by atoms with Gasteiger partial charge in [-0.15, -0.1) is 0 Å². The third kappa shape index (κ3) is 3.19. The van der Waals surface area contributed by atoms with E-state index in [0.29, 0.717) is 17.5 Å². The molecule has 0 aliphatic heterocycles. The molecule has 22 heavy (non-hydrogen) atoms. The fourth-order valence-corrected chi connectivity index (χ4v) is 2.31. The maximum Gasteiger partial charge on any atom is 0.326 e. The molecule has 7 nitrogen and oxygen atoms in total. The SMILES string of the molecule is CC[C@H](C)[C@H](NC(=O)Cn1c(=O)[nH]c2ccccc21)C(=O)O. The number of aromatic amines is 1. The number of H-pyrrole nitrogens is 1. The van der Waals surface area contributed by atoms with Gasteiger partial charge in [-0.3, -0.25) is 9.36 Å². The number of carboxylic acid groups (broad SMARTS) is 1. The number of benzene rings is 1. The van der Waals surface area contributed by atoms with Crippen LogP contribution in [-0.4, -0.2) is 32.6 Å². The summed E-state index contributed by atoms with van der Waals surface area (Å²) in [6.07, 6.45) is 0.629. The van der Waals surface area contributed by atoms with E-state index >= 15 is 0 Å². The largest absolute Gasteiger partial charge is 0.480 e. The second-order valence-corrected chi connectivity index (χ2v) is 5.30. The molecule has 0 bridgehead atoms. The molecule has 1 aromatic heterocycles. The lowest BCUT2D eigenvalue weighted by Gasteiger charge is -2.20. The maximum atomic E-state index is 12.1. The van der Waals surface area contributed by atoms with Gasteiger partial charge in [-0.25, -0.2) is 9.59 Å². The van der Waals surface area contributed by atoms with Gasteiger partial charge in [-0.1, -0.05) is 32.4 Å². The zero-order chi connectivity index (χ0) is 16.3. The minimum absolute atomic E-state index is 0.193. The van der Waals surface area contributed by atoms with Crippen LogP contribution in [0.3, 0.4) is 0 Å². The molecule has 0 saturated heterocycles. The van der Waals surface area contributed by atoms with E-state index in [9.17, 15) is 19.5 Å². The number of rotatable bonds is 6. The zero-order valence-corrected chi connectivity index (χ0v) is 12.5. The number of hydrogen-bond acceptors (Lipinski definition) is 3. The molecule has 2 aromatic rings. The molecule has 7 heteroatoms. The Morgan fingerprint density at radius 3 is 2.68 bits per heavy atom. The lowest BCUT2D eigenvalue weighted by molar-refractivity contribution is -0.143. The van der Waals surface area contributed by atoms with Crippen molar-refractivity contribution in [3.8, 4) is 0 Å². The fraction of sp³-hybridized carbons (Fsp3) is 0.400. The summed E-state index contributed by atoms with van der Waals surface area (Å²) in [6.45, 7) is 3.40. The Balaban J connectivity index is 2.19. The summed E-state index contributed by atoms with van der Waals surface area (Å²) in [5.74, 6) is -1.77. The third-order valence-corrected chi connectivity index (χ3v) is 3.78. The molecule has 0 aliphatic rings. The normalized spacial score (nSPS) is 13.7. The van der Waals surface area contributed by atoms with Gasteiger partial charge in [0.1, 0.15) is 12.6 Å². The number of aromatic nitrogens is 2. The number of amides is 1. The number of nitrogens with one attached hydrogen (secondary N) is 2. The van der Waals surface area contributed by atoms with E-state index in [1.54, 1.807) is 31.2 Å². The summed E-state index contributed by atoms with van der Waals surface area (Å²) in [5.41, 5.74) is 0.849. The molecule has 0 aliphatic carbocycles. The maximum absolute atomic E-state index is 12.1. The van der Waals surface area contributed by atoms with Crippen LogP contribution in [0, 0.1) is 5.92 Å². The molecule has 0 fully saturated rings. The minimum Gasteiger partial charge on any atom is -0.480 e. The first-order valence-electron chi connectivity index (χ1n) is 7.13. The van der Waals surface area contributed by atoms with Gasteiger partial charge in [0.15, 0.2) is 0 Å². The molecule has 0 saturated carbocycles. The summed E-state index contributed by atoms with van der Waals surface area (Å²) in [4.78, 5) is 37.9. The molecule has 3 N–H and O–H groups in total. The van der Waals surface area contributed by atoms with Crippen LogP contribution in [0.4, 0.5) is 0 Å². The lowest BCUT2D eigenvalue weighted by atomic mass is 9.99. The van der Waals surface area contributed by atoms with Crippen molar-refractivity contribution in [2.24, 2.45) is 5.92 Å². The number of hydrogen-bond donors (Lipinski definition) is 3. The highest BCUT2D eigenvalue weighted by Gasteiger charge is 2.25. The van der Waals surface area contributed by atoms with E-state index in [0.717, 1.165) is 0 Å². The smallest absolute Gasteiger partial charge is 0.326 e. The first-order valence-corrected chi connectivity index (χ1v) is 7.13. The molecule has 1 heterocycles. The van der Waals surface area contributed by atoms with Crippen molar-refractivity contribution < 1.29 is 14.7 Å². The number of para-hydroxylation sites is 2. The Morgan fingerprint density at radius 2 is 2.05 bits per heavy atom. The monoisotopic (exact) mass is 305 g/mol. The Labute approximate surface area is 127 Å². The third-order valence-electron chi connectivity index (χ3n) is 3.78. The van der Waals surface area contributed by atoms with E-state index in [-0.39, 0.29) is 12.5 Å². The number of fused-ring (bicyclic) bond motifs is 1. The van der Waals surface area contributed by atoms with Crippen LogP contribution >= 0.6 is 0 Å². The van der Waals surface area contributed by atoms with Gasteiger partial charge in [0.25, 0.3) is 0 Å². The van der Waals surface area contributed by atoms with Crippen LogP contribution in [0.15, 0.2) is 29.1 Å². The lowest BCUT2D eigenvalue weighted by Crippen LogP contribution is -2.46. The summed E-state index contributed by atoms with van der Waals surface area (Å²) < 4.78 is 1.29. The Hall–Kier alpha value is -2.57. The molecule has 2 atom stereocenters. The van der Waals surface area contributed by atoms with Crippen molar-refractivity contribution in [1.82, 2.24) is 14.9 Å². The standard InChI is InChI=1S/C15H19N3O4/c1-3-9(2)13(14(20)21)17-12(19)8-18-11-7-5-4-6-10(11)16-15(18)22/h4-7,9,13H,3,8H2,1-2H3,(H,16,22)(H,17,19)(H,20,21)/t9-,13-/m0/s1. The number of carbonyl (C=O) groups is 2. The summed E-state index contributed by atoms with van der Waals surface area (Å²) in [7, 11) is 0. The van der Waals surface area contributed by atoms with Gasteiger partial charge >= 0.3 is 11.7 Å². The van der Waals surface area contributed by atoms with Gasteiger partial charge in [0, 0.05) is 0 Å². The molecular formula is C15H19N3O4. The van der Waals surface area contributed by atoms with Crippen molar-refractivity contribution >= 4 is 22.9 Å². The van der Waals surface area contributed by atoms with Gasteiger partial charge in [0.05, 0.1) is 11.0 Å². The van der Waals surface area contributed by atoms with Crippen molar-refractivity contribution in [3.63, 3.8) is 0 Å². The highest BCUT2D eigenvalue weighted by molar-refractivity contribution is 5.85. The van der Waals surface area contributed by atoms with Crippen molar-refractivity contribution in [2.75, 3.05) is 0 Å². The molecule has 1 aromatic carbocycles. The van der Waals surface area contributed by atoms with Crippen LogP contribution < -0.4 is 11.0 Å². The molecule has 0 spiro atoms. The van der Waals surface area contributed by atoms with Gasteiger partial charge in [-0.05, 0) is 18.1 Å². The number of carboxylic acids is 1. The predicted octanol–water partition coefficient (Wildman–Crippen LogP) is 0.945. The molecule has 2 rings (SSSR count). The molecule has 118 valence electrons. The van der Waals surface area contributed by atoms with E-state index in [4.69, 9.17) is 0 Å². The average Bonchev–Trinajstić information content (AvgIpc) is 2.80. The van der Waals surface area contributed by atoms with Crippen molar-refractivity contribution in [1.29, 1.82) is 0 Å².